The molecule has 1 rings (SSSR count). The summed E-state index contributed by atoms with van der Waals surface area (Å²) >= 11 is 0. The van der Waals surface area contributed by atoms with E-state index >= 15 is 0 Å². The highest BCUT2D eigenvalue weighted by Crippen LogP contribution is 2.36. The van der Waals surface area contributed by atoms with E-state index in [1.165, 1.54) is 24.2 Å². The molecule has 1 aliphatic rings. The average Bonchev–Trinajstić information content (AvgIpc) is 2.66. The van der Waals surface area contributed by atoms with Crippen molar-refractivity contribution in [3.63, 3.8) is 0 Å². The van der Waals surface area contributed by atoms with Gasteiger partial charge in [-0.15, -0.1) is 0 Å². The Hall–Kier alpha value is -1.59. The van der Waals surface area contributed by atoms with Crippen LogP contribution in [0, 0.1) is 29.1 Å². The molecule has 0 aliphatic heterocycles. The molecule has 0 saturated heterocycles. The van der Waals surface area contributed by atoms with E-state index in [0.717, 1.165) is 19.3 Å². The average molecular weight is 482 g/mol. The molecule has 6 heteroatoms. The highest BCUT2D eigenvalue weighted by molar-refractivity contribution is 5.83. The summed E-state index contributed by atoms with van der Waals surface area (Å²) < 4.78 is 11.3. The van der Waals surface area contributed by atoms with E-state index in [-0.39, 0.29) is 23.4 Å². The molecule has 198 valence electrons. The number of nitrogens with zero attached hydrogens (tertiary/aromatic N) is 1. The normalized spacial score (nSPS) is 19.3. The third-order valence-electron chi connectivity index (χ3n) is 7.33. The van der Waals surface area contributed by atoms with Gasteiger partial charge in [0, 0.05) is 18.9 Å². The van der Waals surface area contributed by atoms with Gasteiger partial charge in [-0.05, 0) is 77.0 Å². The van der Waals surface area contributed by atoms with Crippen molar-refractivity contribution >= 4 is 17.8 Å². The highest BCUT2D eigenvalue weighted by atomic mass is 16.6. The van der Waals surface area contributed by atoms with Crippen LogP contribution in [0.5, 0.6) is 0 Å². The lowest BCUT2D eigenvalue weighted by Gasteiger charge is -2.35. The standard InChI is InChI=1S/C28H51NO5/c1-18(15-16-19(2)24(30)20(3)22-13-12-14-22)17-23(27(5,6)7)33-25(31)21(4)29(11)26(32)34-28(8,9)10/h18-23H,12-17H2,1-11H3. The number of Topliss-reactive ketones (excluding diaryl/α,β-unsaturated/α-hetero) is 1. The lowest BCUT2D eigenvalue weighted by molar-refractivity contribution is -0.161. The quantitative estimate of drug-likeness (QED) is 0.309. The number of likely N-dealkylation sites (N-methyl/N-ethyl adjacent to an activating group) is 1. The number of hydrogen-bond acceptors (Lipinski definition) is 5. The Morgan fingerprint density at radius 1 is 0.941 bits per heavy atom. The maximum Gasteiger partial charge on any atom is 0.410 e. The van der Waals surface area contributed by atoms with Crippen molar-refractivity contribution in [2.45, 2.75) is 126 Å². The summed E-state index contributed by atoms with van der Waals surface area (Å²) in [5.41, 5.74) is -0.874. The van der Waals surface area contributed by atoms with Crippen LogP contribution in [0.25, 0.3) is 0 Å². The molecule has 0 heterocycles. The van der Waals surface area contributed by atoms with Crippen molar-refractivity contribution in [1.29, 1.82) is 0 Å². The van der Waals surface area contributed by atoms with Gasteiger partial charge in [0.2, 0.25) is 0 Å². The largest absolute Gasteiger partial charge is 0.460 e. The van der Waals surface area contributed by atoms with Crippen molar-refractivity contribution in [1.82, 2.24) is 4.90 Å². The molecule has 0 N–H and O–H groups in total. The van der Waals surface area contributed by atoms with Gasteiger partial charge < -0.3 is 9.47 Å². The molecule has 6 nitrogen and oxygen atoms in total. The molecule has 1 amide bonds. The number of rotatable bonds is 11. The first-order valence-electron chi connectivity index (χ1n) is 13.1. The third-order valence-corrected chi connectivity index (χ3v) is 7.33. The van der Waals surface area contributed by atoms with E-state index in [1.807, 2.05) is 0 Å². The third kappa shape index (κ3) is 9.58. The van der Waals surface area contributed by atoms with Gasteiger partial charge in [-0.2, -0.15) is 0 Å². The molecule has 5 atom stereocenters. The predicted molar refractivity (Wildman–Crippen MR) is 136 cm³/mol. The Kier molecular flexibility index (Phi) is 11.1. The van der Waals surface area contributed by atoms with Crippen LogP contribution in [-0.4, -0.2) is 47.5 Å². The number of esters is 1. The van der Waals surface area contributed by atoms with E-state index in [2.05, 4.69) is 41.5 Å². The van der Waals surface area contributed by atoms with Gasteiger partial charge in [0.25, 0.3) is 0 Å². The smallest absolute Gasteiger partial charge is 0.410 e. The molecule has 0 radical (unpaired) electrons. The highest BCUT2D eigenvalue weighted by Gasteiger charge is 2.35. The van der Waals surface area contributed by atoms with Crippen molar-refractivity contribution < 1.29 is 23.9 Å². The lowest BCUT2D eigenvalue weighted by atomic mass is 9.72. The van der Waals surface area contributed by atoms with Crippen molar-refractivity contribution in [3.05, 3.63) is 0 Å². The summed E-state index contributed by atoms with van der Waals surface area (Å²) in [5, 5.41) is 0. The van der Waals surface area contributed by atoms with Crippen LogP contribution in [0.15, 0.2) is 0 Å². The number of ketones is 1. The zero-order valence-corrected chi connectivity index (χ0v) is 23.7. The van der Waals surface area contributed by atoms with Crippen molar-refractivity contribution in [2.24, 2.45) is 29.1 Å². The van der Waals surface area contributed by atoms with Crippen LogP contribution >= 0.6 is 0 Å². The van der Waals surface area contributed by atoms with Gasteiger partial charge in [0.05, 0.1) is 0 Å². The number of carbonyl (C=O) groups excluding carboxylic acids is 3. The summed E-state index contributed by atoms with van der Waals surface area (Å²) in [6, 6.07) is -0.749. The van der Waals surface area contributed by atoms with E-state index in [9.17, 15) is 14.4 Å². The Morgan fingerprint density at radius 2 is 1.50 bits per heavy atom. The Morgan fingerprint density at radius 3 is 1.94 bits per heavy atom. The van der Waals surface area contributed by atoms with Crippen LogP contribution in [0.3, 0.4) is 0 Å². The Bertz CT molecular complexity index is 686. The first-order valence-corrected chi connectivity index (χ1v) is 13.1. The fraction of sp³-hybridized carbons (Fsp3) is 0.893. The van der Waals surface area contributed by atoms with Gasteiger partial charge >= 0.3 is 12.1 Å². The second kappa shape index (κ2) is 12.4. The molecule has 1 aliphatic carbocycles. The summed E-state index contributed by atoms with van der Waals surface area (Å²) in [7, 11) is 1.55. The second-order valence-electron chi connectivity index (χ2n) is 12.8. The van der Waals surface area contributed by atoms with Crippen LogP contribution < -0.4 is 0 Å². The molecule has 0 spiro atoms. The molecule has 5 unspecified atom stereocenters. The van der Waals surface area contributed by atoms with E-state index < -0.39 is 23.7 Å². The zero-order valence-electron chi connectivity index (χ0n) is 23.7. The van der Waals surface area contributed by atoms with Crippen molar-refractivity contribution in [2.75, 3.05) is 7.05 Å². The molecule has 34 heavy (non-hydrogen) atoms. The summed E-state index contributed by atoms with van der Waals surface area (Å²) in [4.78, 5) is 39.3. The SMILES string of the molecule is CC(CCC(C)C(=O)C(C)C1CCC1)CC(OC(=O)C(C)N(C)C(=O)OC(C)(C)C)C(C)(C)C. The Balaban J connectivity index is 2.65. The van der Waals surface area contributed by atoms with Crippen LogP contribution in [0.1, 0.15) is 108 Å². The summed E-state index contributed by atoms with van der Waals surface area (Å²) in [6.45, 7) is 19.5. The van der Waals surface area contributed by atoms with Crippen LogP contribution in [-0.2, 0) is 19.1 Å². The van der Waals surface area contributed by atoms with Gasteiger partial charge in [-0.1, -0.05) is 48.0 Å². The molecule has 1 fully saturated rings. The fourth-order valence-electron chi connectivity index (χ4n) is 4.25. The van der Waals surface area contributed by atoms with E-state index in [1.54, 1.807) is 34.7 Å². The number of ether oxygens (including phenoxy) is 2. The minimum atomic E-state index is -0.749. The first-order chi connectivity index (χ1) is 15.4. The second-order valence-corrected chi connectivity index (χ2v) is 12.8. The molecular weight excluding hydrogens is 430 g/mol. The minimum absolute atomic E-state index is 0.0659. The summed E-state index contributed by atoms with van der Waals surface area (Å²) in [6.07, 6.45) is 5.30. The zero-order chi connectivity index (χ0) is 26.4. The van der Waals surface area contributed by atoms with Gasteiger partial charge in [0.1, 0.15) is 23.5 Å². The fourth-order valence-corrected chi connectivity index (χ4v) is 4.25. The minimum Gasteiger partial charge on any atom is -0.460 e. The molecule has 0 aromatic heterocycles. The molecule has 0 aromatic carbocycles. The predicted octanol–water partition coefficient (Wildman–Crippen LogP) is 6.65. The van der Waals surface area contributed by atoms with Crippen LogP contribution in [0.4, 0.5) is 4.79 Å². The molecule has 0 aromatic rings. The van der Waals surface area contributed by atoms with E-state index in [0.29, 0.717) is 17.6 Å². The number of hydrogen-bond donors (Lipinski definition) is 0. The maximum absolute atomic E-state index is 12.9. The molecule has 0 bridgehead atoms. The summed E-state index contributed by atoms with van der Waals surface area (Å²) in [5.74, 6) is 1.10. The number of amides is 1. The number of carbonyl (C=O) groups is 3. The van der Waals surface area contributed by atoms with Crippen LogP contribution in [0.2, 0.25) is 0 Å². The lowest BCUT2D eigenvalue weighted by Crippen LogP contribution is -2.46. The monoisotopic (exact) mass is 481 g/mol. The first kappa shape index (κ1) is 30.4. The van der Waals surface area contributed by atoms with Gasteiger partial charge in [-0.3, -0.25) is 9.69 Å². The van der Waals surface area contributed by atoms with E-state index in [4.69, 9.17) is 9.47 Å². The van der Waals surface area contributed by atoms with Gasteiger partial charge in [0.15, 0.2) is 0 Å². The van der Waals surface area contributed by atoms with Gasteiger partial charge in [-0.25, -0.2) is 9.59 Å². The maximum atomic E-state index is 12.9. The Labute approximate surface area is 208 Å². The topological polar surface area (TPSA) is 72.9 Å². The molecular formula is C28H51NO5. The van der Waals surface area contributed by atoms with Crippen molar-refractivity contribution in [3.8, 4) is 0 Å². The molecule has 1 saturated carbocycles.